The first kappa shape index (κ1) is 14.4. The van der Waals surface area contributed by atoms with Crippen molar-refractivity contribution >= 4 is 5.97 Å². The highest BCUT2D eigenvalue weighted by Crippen LogP contribution is 2.18. The average molecular weight is 255 g/mol. The van der Waals surface area contributed by atoms with Crippen LogP contribution >= 0.6 is 0 Å². The Kier molecular flexibility index (Phi) is 5.09. The van der Waals surface area contributed by atoms with Gasteiger partial charge >= 0.3 is 5.97 Å². The van der Waals surface area contributed by atoms with Gasteiger partial charge in [-0.05, 0) is 23.6 Å². The molecule has 18 heavy (non-hydrogen) atoms. The Balaban J connectivity index is 2.59. The molecule has 2 N–H and O–H groups in total. The Hall–Kier alpha value is -1.62. The molecule has 0 saturated heterocycles. The van der Waals surface area contributed by atoms with Gasteiger partial charge in [0.25, 0.3) is 0 Å². The molecule has 0 aliphatic carbocycles. The number of halogens is 1. The van der Waals surface area contributed by atoms with Crippen molar-refractivity contribution in [1.82, 2.24) is 0 Å². The fourth-order valence-electron chi connectivity index (χ4n) is 1.32. The number of carbonyl (C=O) groups excluding carboxylic acids is 1. The van der Waals surface area contributed by atoms with Crippen molar-refractivity contribution in [3.05, 3.63) is 29.6 Å². The quantitative estimate of drug-likeness (QED) is 0.816. The minimum atomic E-state index is -0.659. The molecule has 1 rings (SSSR count). The number of nitrogens with two attached hydrogens (primary N) is 1. The van der Waals surface area contributed by atoms with Crippen LogP contribution in [0.4, 0.5) is 4.39 Å². The third kappa shape index (κ3) is 3.70. The van der Waals surface area contributed by atoms with Crippen LogP contribution in [0, 0.1) is 11.7 Å². The Labute approximate surface area is 106 Å². The molecule has 0 bridgehead atoms. The first-order valence-corrected chi connectivity index (χ1v) is 5.70. The van der Waals surface area contributed by atoms with Gasteiger partial charge < -0.3 is 15.2 Å². The minimum Gasteiger partial charge on any atom is -0.494 e. The van der Waals surface area contributed by atoms with E-state index in [0.29, 0.717) is 5.56 Å². The van der Waals surface area contributed by atoms with Gasteiger partial charge in [0.05, 0.1) is 7.11 Å². The lowest BCUT2D eigenvalue weighted by Crippen LogP contribution is -2.36. The van der Waals surface area contributed by atoms with Crippen LogP contribution in [0.25, 0.3) is 0 Å². The van der Waals surface area contributed by atoms with Crippen LogP contribution in [-0.4, -0.2) is 19.1 Å². The fraction of sp³-hybridized carbons (Fsp3) is 0.462. The van der Waals surface area contributed by atoms with Crippen molar-refractivity contribution in [3.63, 3.8) is 0 Å². The highest BCUT2D eigenvalue weighted by Gasteiger charge is 2.18. The second kappa shape index (κ2) is 6.35. The summed E-state index contributed by atoms with van der Waals surface area (Å²) in [6.45, 7) is 3.66. The largest absolute Gasteiger partial charge is 0.494 e. The lowest BCUT2D eigenvalue weighted by atomic mass is 10.1. The van der Waals surface area contributed by atoms with Crippen LogP contribution < -0.4 is 10.5 Å². The summed E-state index contributed by atoms with van der Waals surface area (Å²) in [5.41, 5.74) is 6.18. The summed E-state index contributed by atoms with van der Waals surface area (Å²) < 4.78 is 23.2. The molecule has 1 aromatic rings. The summed E-state index contributed by atoms with van der Waals surface area (Å²) in [7, 11) is 1.39. The van der Waals surface area contributed by atoms with Gasteiger partial charge in [0.2, 0.25) is 0 Å². The van der Waals surface area contributed by atoms with E-state index in [2.05, 4.69) is 0 Å². The van der Waals surface area contributed by atoms with E-state index in [0.717, 1.165) is 0 Å². The molecule has 1 unspecified atom stereocenters. The van der Waals surface area contributed by atoms with Gasteiger partial charge in [-0.3, -0.25) is 4.79 Å². The monoisotopic (exact) mass is 255 g/mol. The molecule has 0 heterocycles. The predicted molar refractivity (Wildman–Crippen MR) is 65.6 cm³/mol. The molecule has 0 fully saturated rings. The molecule has 0 saturated carbocycles. The number of hydrogen-bond donors (Lipinski definition) is 1. The molecule has 4 nitrogen and oxygen atoms in total. The summed E-state index contributed by atoms with van der Waals surface area (Å²) in [4.78, 5) is 11.5. The molecular weight excluding hydrogens is 237 g/mol. The van der Waals surface area contributed by atoms with E-state index in [-0.39, 0.29) is 18.3 Å². The molecule has 0 aliphatic heterocycles. The van der Waals surface area contributed by atoms with E-state index < -0.39 is 17.8 Å². The standard InChI is InChI=1S/C13H18FNO3/c1-8(2)12(15)13(16)18-7-9-4-5-11(17-3)10(14)6-9/h4-6,8,12H,7,15H2,1-3H3. The number of ether oxygens (including phenoxy) is 2. The maximum Gasteiger partial charge on any atom is 0.323 e. The number of esters is 1. The number of methoxy groups -OCH3 is 1. The molecular formula is C13H18FNO3. The van der Waals surface area contributed by atoms with Crippen LogP contribution in [0.1, 0.15) is 19.4 Å². The van der Waals surface area contributed by atoms with Gasteiger partial charge in [0.15, 0.2) is 11.6 Å². The summed E-state index contributed by atoms with van der Waals surface area (Å²) >= 11 is 0. The Morgan fingerprint density at radius 1 is 1.44 bits per heavy atom. The number of carbonyl (C=O) groups is 1. The molecule has 100 valence electrons. The van der Waals surface area contributed by atoms with E-state index in [1.165, 1.54) is 19.2 Å². The maximum atomic E-state index is 13.4. The highest BCUT2D eigenvalue weighted by molar-refractivity contribution is 5.75. The van der Waals surface area contributed by atoms with Gasteiger partial charge in [-0.15, -0.1) is 0 Å². The van der Waals surface area contributed by atoms with Crippen molar-refractivity contribution in [2.75, 3.05) is 7.11 Å². The van der Waals surface area contributed by atoms with E-state index in [1.807, 2.05) is 13.8 Å². The topological polar surface area (TPSA) is 61.5 Å². The highest BCUT2D eigenvalue weighted by atomic mass is 19.1. The fourth-order valence-corrected chi connectivity index (χ4v) is 1.32. The summed E-state index contributed by atoms with van der Waals surface area (Å²) in [5.74, 6) is -0.811. The zero-order chi connectivity index (χ0) is 13.7. The third-order valence-electron chi connectivity index (χ3n) is 2.59. The predicted octanol–water partition coefficient (Wildman–Crippen LogP) is 1.86. The molecule has 0 aliphatic rings. The second-order valence-corrected chi connectivity index (χ2v) is 4.35. The van der Waals surface area contributed by atoms with Crippen molar-refractivity contribution in [2.24, 2.45) is 11.7 Å². The smallest absolute Gasteiger partial charge is 0.323 e. The average Bonchev–Trinajstić information content (AvgIpc) is 2.35. The SMILES string of the molecule is COc1ccc(COC(=O)C(N)C(C)C)cc1F. The normalized spacial score (nSPS) is 12.3. The van der Waals surface area contributed by atoms with E-state index in [9.17, 15) is 9.18 Å². The van der Waals surface area contributed by atoms with Crippen LogP contribution in [0.2, 0.25) is 0 Å². The van der Waals surface area contributed by atoms with E-state index >= 15 is 0 Å². The van der Waals surface area contributed by atoms with Gasteiger partial charge in [-0.25, -0.2) is 4.39 Å². The molecule has 0 amide bonds. The molecule has 1 atom stereocenters. The third-order valence-corrected chi connectivity index (χ3v) is 2.59. The zero-order valence-electron chi connectivity index (χ0n) is 10.8. The van der Waals surface area contributed by atoms with Crippen LogP contribution in [-0.2, 0) is 16.1 Å². The number of benzene rings is 1. The Morgan fingerprint density at radius 3 is 2.61 bits per heavy atom. The van der Waals surface area contributed by atoms with Crippen LogP contribution in [0.15, 0.2) is 18.2 Å². The van der Waals surface area contributed by atoms with E-state index in [1.54, 1.807) is 6.07 Å². The van der Waals surface area contributed by atoms with Gasteiger partial charge in [-0.2, -0.15) is 0 Å². The molecule has 1 aromatic carbocycles. The van der Waals surface area contributed by atoms with E-state index in [4.69, 9.17) is 15.2 Å². The van der Waals surface area contributed by atoms with Crippen molar-refractivity contribution in [3.8, 4) is 5.75 Å². The maximum absolute atomic E-state index is 13.4. The van der Waals surface area contributed by atoms with Crippen molar-refractivity contribution in [2.45, 2.75) is 26.5 Å². The van der Waals surface area contributed by atoms with Gasteiger partial charge in [0, 0.05) is 0 Å². The second-order valence-electron chi connectivity index (χ2n) is 4.35. The van der Waals surface area contributed by atoms with Gasteiger partial charge in [-0.1, -0.05) is 19.9 Å². The molecule has 5 heteroatoms. The molecule has 0 radical (unpaired) electrons. The number of hydrogen-bond acceptors (Lipinski definition) is 4. The Bertz CT molecular complexity index is 421. The zero-order valence-corrected chi connectivity index (χ0v) is 10.8. The molecule has 0 spiro atoms. The first-order valence-electron chi connectivity index (χ1n) is 5.70. The van der Waals surface area contributed by atoms with Crippen LogP contribution in [0.5, 0.6) is 5.75 Å². The van der Waals surface area contributed by atoms with Crippen molar-refractivity contribution in [1.29, 1.82) is 0 Å². The van der Waals surface area contributed by atoms with Crippen molar-refractivity contribution < 1.29 is 18.7 Å². The van der Waals surface area contributed by atoms with Gasteiger partial charge in [0.1, 0.15) is 12.6 Å². The van der Waals surface area contributed by atoms with Crippen LogP contribution in [0.3, 0.4) is 0 Å². The lowest BCUT2D eigenvalue weighted by Gasteiger charge is -2.14. The number of rotatable bonds is 5. The Morgan fingerprint density at radius 2 is 2.11 bits per heavy atom. The first-order chi connectivity index (χ1) is 8.45. The summed E-state index contributed by atoms with van der Waals surface area (Å²) in [6.07, 6.45) is 0. The lowest BCUT2D eigenvalue weighted by molar-refractivity contribution is -0.147. The summed E-state index contributed by atoms with van der Waals surface area (Å²) in [5, 5.41) is 0. The summed E-state index contributed by atoms with van der Waals surface area (Å²) in [6, 6.07) is 3.73. The minimum absolute atomic E-state index is 0.000166. The molecule has 0 aromatic heterocycles.